The molecule has 1 amide bonds. The molecule has 3 aromatic rings. The first kappa shape index (κ1) is 16.0. The van der Waals surface area contributed by atoms with Gasteiger partial charge in [-0.15, -0.1) is 0 Å². The van der Waals surface area contributed by atoms with Crippen LogP contribution in [0.15, 0.2) is 48.5 Å². The molecular formula is C17H12ClIN2O2. The van der Waals surface area contributed by atoms with Crippen LogP contribution in [0.3, 0.4) is 0 Å². The van der Waals surface area contributed by atoms with Crippen LogP contribution >= 0.6 is 34.2 Å². The van der Waals surface area contributed by atoms with Gasteiger partial charge in [-0.05, 0) is 18.2 Å². The van der Waals surface area contributed by atoms with Crippen LogP contribution in [0.25, 0.3) is 10.9 Å². The number of fused-ring (bicyclic) bond motifs is 1. The van der Waals surface area contributed by atoms with Crippen molar-refractivity contribution in [2.24, 2.45) is 0 Å². The standard InChI is InChI=1S/C17H12ClIN2O2/c18-11-6-7-12-13(8-11)20-16(15(12)21-14(22)9-19)17(23)10-4-2-1-3-5-10/h1-8,20H,9H2,(H,21,22). The first-order valence-electron chi connectivity index (χ1n) is 6.87. The quantitative estimate of drug-likeness (QED) is 0.360. The van der Waals surface area contributed by atoms with E-state index in [1.165, 1.54) is 0 Å². The van der Waals surface area contributed by atoms with Crippen LogP contribution in [0.4, 0.5) is 5.69 Å². The summed E-state index contributed by atoms with van der Waals surface area (Å²) in [6.07, 6.45) is 0. The van der Waals surface area contributed by atoms with E-state index in [1.54, 1.807) is 42.5 Å². The van der Waals surface area contributed by atoms with E-state index in [4.69, 9.17) is 11.6 Å². The van der Waals surface area contributed by atoms with Crippen LogP contribution < -0.4 is 5.32 Å². The maximum absolute atomic E-state index is 12.8. The van der Waals surface area contributed by atoms with Gasteiger partial charge in [0, 0.05) is 21.5 Å². The molecule has 0 radical (unpaired) electrons. The summed E-state index contributed by atoms with van der Waals surface area (Å²) in [6.45, 7) is 0. The Bertz CT molecular complexity index is 890. The highest BCUT2D eigenvalue weighted by Crippen LogP contribution is 2.31. The summed E-state index contributed by atoms with van der Waals surface area (Å²) in [6, 6.07) is 14.2. The number of ketones is 1. The molecule has 3 rings (SSSR count). The monoisotopic (exact) mass is 438 g/mol. The highest BCUT2D eigenvalue weighted by molar-refractivity contribution is 14.1. The van der Waals surface area contributed by atoms with E-state index < -0.39 is 0 Å². The lowest BCUT2D eigenvalue weighted by atomic mass is 10.1. The third-order valence-electron chi connectivity index (χ3n) is 3.41. The predicted molar refractivity (Wildman–Crippen MR) is 101 cm³/mol. The number of alkyl halides is 1. The normalized spacial score (nSPS) is 10.7. The summed E-state index contributed by atoms with van der Waals surface area (Å²) < 4.78 is 0.303. The number of carbonyl (C=O) groups excluding carboxylic acids is 2. The Morgan fingerprint density at radius 3 is 2.57 bits per heavy atom. The number of halogens is 2. The predicted octanol–water partition coefficient (Wildman–Crippen LogP) is 4.43. The fourth-order valence-corrected chi connectivity index (χ4v) is 2.74. The van der Waals surface area contributed by atoms with E-state index in [-0.39, 0.29) is 11.7 Å². The second-order valence-corrected chi connectivity index (χ2v) is 6.14. The van der Waals surface area contributed by atoms with E-state index in [0.29, 0.717) is 31.9 Å². The first-order valence-corrected chi connectivity index (χ1v) is 8.77. The van der Waals surface area contributed by atoms with Gasteiger partial charge in [0.15, 0.2) is 0 Å². The van der Waals surface area contributed by atoms with Gasteiger partial charge in [0.25, 0.3) is 0 Å². The molecule has 0 aliphatic heterocycles. The molecular weight excluding hydrogens is 427 g/mol. The van der Waals surface area contributed by atoms with Gasteiger partial charge in [-0.3, -0.25) is 9.59 Å². The summed E-state index contributed by atoms with van der Waals surface area (Å²) >= 11 is 8.00. The van der Waals surface area contributed by atoms with Crippen LogP contribution in [0, 0.1) is 0 Å². The third kappa shape index (κ3) is 3.25. The number of nitrogens with one attached hydrogen (secondary N) is 2. The SMILES string of the molecule is O=C(CI)Nc1c(C(=O)c2ccccc2)[nH]c2cc(Cl)ccc12. The lowest BCUT2D eigenvalue weighted by Crippen LogP contribution is -2.15. The Labute approximate surface area is 151 Å². The van der Waals surface area contributed by atoms with Crippen molar-refractivity contribution in [1.82, 2.24) is 4.98 Å². The van der Waals surface area contributed by atoms with Gasteiger partial charge < -0.3 is 10.3 Å². The fraction of sp³-hybridized carbons (Fsp3) is 0.0588. The van der Waals surface area contributed by atoms with E-state index in [9.17, 15) is 9.59 Å². The van der Waals surface area contributed by atoms with Gasteiger partial charge in [0.1, 0.15) is 5.69 Å². The van der Waals surface area contributed by atoms with Crippen LogP contribution in [0.1, 0.15) is 16.1 Å². The van der Waals surface area contributed by atoms with Gasteiger partial charge in [0.2, 0.25) is 11.7 Å². The number of rotatable bonds is 4. The number of aromatic nitrogens is 1. The molecule has 0 fully saturated rings. The minimum Gasteiger partial charge on any atom is -0.350 e. The Hall–Kier alpha value is -1.86. The van der Waals surface area contributed by atoms with Gasteiger partial charge in [-0.2, -0.15) is 0 Å². The van der Waals surface area contributed by atoms with Crippen LogP contribution in [0.2, 0.25) is 5.02 Å². The molecule has 2 aromatic carbocycles. The molecule has 1 heterocycles. The van der Waals surface area contributed by atoms with Crippen molar-refractivity contribution >= 4 is 62.5 Å². The third-order valence-corrected chi connectivity index (χ3v) is 4.34. The molecule has 116 valence electrons. The van der Waals surface area contributed by atoms with Crippen molar-refractivity contribution in [3.63, 3.8) is 0 Å². The van der Waals surface area contributed by atoms with E-state index in [2.05, 4.69) is 10.3 Å². The zero-order valence-corrected chi connectivity index (χ0v) is 14.8. The average Bonchev–Trinajstić information content (AvgIpc) is 2.92. The summed E-state index contributed by atoms with van der Waals surface area (Å²) in [5.41, 5.74) is 2.11. The fourth-order valence-electron chi connectivity index (χ4n) is 2.38. The Morgan fingerprint density at radius 2 is 1.87 bits per heavy atom. The molecule has 1 aromatic heterocycles. The molecule has 0 saturated heterocycles. The number of carbonyl (C=O) groups is 2. The van der Waals surface area contributed by atoms with Crippen molar-refractivity contribution < 1.29 is 9.59 Å². The number of benzene rings is 2. The Kier molecular flexibility index (Phi) is 4.68. The lowest BCUT2D eigenvalue weighted by Gasteiger charge is -2.05. The summed E-state index contributed by atoms with van der Waals surface area (Å²) in [5, 5.41) is 4.13. The number of anilines is 1. The zero-order chi connectivity index (χ0) is 16.4. The van der Waals surface area contributed by atoms with Crippen LogP contribution in [-0.2, 0) is 4.79 Å². The summed E-state index contributed by atoms with van der Waals surface area (Å²) in [4.78, 5) is 27.7. The van der Waals surface area contributed by atoms with E-state index in [1.807, 2.05) is 28.7 Å². The summed E-state index contributed by atoms with van der Waals surface area (Å²) in [5.74, 6) is -0.342. The van der Waals surface area contributed by atoms with Gasteiger partial charge in [0.05, 0.1) is 10.1 Å². The van der Waals surface area contributed by atoms with E-state index in [0.717, 1.165) is 5.39 Å². The minimum absolute atomic E-state index is 0.163. The van der Waals surface area contributed by atoms with Gasteiger partial charge in [-0.1, -0.05) is 64.5 Å². The molecule has 0 spiro atoms. The number of aromatic amines is 1. The van der Waals surface area contributed by atoms with Crippen LogP contribution in [-0.4, -0.2) is 21.1 Å². The number of hydrogen-bond donors (Lipinski definition) is 2. The molecule has 0 bridgehead atoms. The number of H-pyrrole nitrogens is 1. The van der Waals surface area contributed by atoms with Crippen molar-refractivity contribution in [3.05, 3.63) is 64.8 Å². The molecule has 6 heteroatoms. The van der Waals surface area contributed by atoms with E-state index >= 15 is 0 Å². The molecule has 23 heavy (non-hydrogen) atoms. The summed E-state index contributed by atoms with van der Waals surface area (Å²) in [7, 11) is 0. The van der Waals surface area contributed by atoms with Crippen molar-refractivity contribution in [2.45, 2.75) is 0 Å². The molecule has 0 aliphatic carbocycles. The zero-order valence-electron chi connectivity index (χ0n) is 11.9. The molecule has 0 atom stereocenters. The van der Waals surface area contributed by atoms with Crippen molar-refractivity contribution in [2.75, 3.05) is 9.74 Å². The second-order valence-electron chi connectivity index (χ2n) is 4.94. The molecule has 4 nitrogen and oxygen atoms in total. The lowest BCUT2D eigenvalue weighted by molar-refractivity contribution is -0.113. The maximum atomic E-state index is 12.8. The maximum Gasteiger partial charge on any atom is 0.234 e. The van der Waals surface area contributed by atoms with Crippen LogP contribution in [0.5, 0.6) is 0 Å². The van der Waals surface area contributed by atoms with Crippen molar-refractivity contribution in [3.8, 4) is 0 Å². The molecule has 0 unspecified atom stereocenters. The smallest absolute Gasteiger partial charge is 0.234 e. The Morgan fingerprint density at radius 1 is 1.13 bits per heavy atom. The molecule has 2 N–H and O–H groups in total. The average molecular weight is 439 g/mol. The number of hydrogen-bond acceptors (Lipinski definition) is 2. The minimum atomic E-state index is -0.179. The van der Waals surface area contributed by atoms with Gasteiger partial charge in [-0.25, -0.2) is 0 Å². The number of amides is 1. The highest BCUT2D eigenvalue weighted by atomic mass is 127. The largest absolute Gasteiger partial charge is 0.350 e. The Balaban J connectivity index is 2.16. The first-order chi connectivity index (χ1) is 11.1. The second kappa shape index (κ2) is 6.72. The van der Waals surface area contributed by atoms with Gasteiger partial charge >= 0.3 is 0 Å². The topological polar surface area (TPSA) is 62.0 Å². The highest BCUT2D eigenvalue weighted by Gasteiger charge is 2.20. The molecule has 0 saturated carbocycles. The molecule has 0 aliphatic rings. The van der Waals surface area contributed by atoms with Crippen molar-refractivity contribution in [1.29, 1.82) is 0 Å².